The zero-order valence-corrected chi connectivity index (χ0v) is 14.9. The molecule has 0 saturated carbocycles. The molecule has 6 nitrogen and oxygen atoms in total. The molecule has 3 rings (SSSR count). The van der Waals surface area contributed by atoms with Crippen LogP contribution in [0.25, 0.3) is 5.65 Å². The smallest absolute Gasteiger partial charge is 0.160 e. The largest absolute Gasteiger partial charge is 0.389 e. The summed E-state index contributed by atoms with van der Waals surface area (Å²) in [6.45, 7) is 7.08. The van der Waals surface area contributed by atoms with Crippen LogP contribution in [0, 0.1) is 20.8 Å². The van der Waals surface area contributed by atoms with Gasteiger partial charge in [0.25, 0.3) is 0 Å². The van der Waals surface area contributed by atoms with Crippen molar-refractivity contribution in [2.75, 3.05) is 18.5 Å². The second-order valence-corrected chi connectivity index (χ2v) is 6.26. The van der Waals surface area contributed by atoms with Crippen molar-refractivity contribution in [1.29, 1.82) is 0 Å². The normalized spacial score (nSPS) is 12.5. The maximum atomic E-state index is 10.2. The number of ether oxygens (including phenoxy) is 1. The second kappa shape index (κ2) is 7.63. The van der Waals surface area contributed by atoms with E-state index in [9.17, 15) is 5.11 Å². The van der Waals surface area contributed by atoms with Crippen molar-refractivity contribution in [3.63, 3.8) is 0 Å². The first-order valence-corrected chi connectivity index (χ1v) is 8.42. The van der Waals surface area contributed by atoms with E-state index < -0.39 is 6.10 Å². The highest BCUT2D eigenvalue weighted by atomic mass is 16.5. The molecule has 0 fully saturated rings. The highest BCUT2D eigenvalue weighted by molar-refractivity contribution is 5.55. The SMILES string of the molecule is Cc1cc(NC[C@H](O)COCc2ccccc2)n2nc(C)c(C)c2n1. The van der Waals surface area contributed by atoms with Gasteiger partial charge in [-0.25, -0.2) is 4.98 Å². The fraction of sp³-hybridized carbons (Fsp3) is 0.368. The molecule has 0 unspecified atom stereocenters. The molecule has 0 aliphatic heterocycles. The lowest BCUT2D eigenvalue weighted by Gasteiger charge is -2.14. The molecule has 2 aromatic heterocycles. The van der Waals surface area contributed by atoms with Crippen LogP contribution in [0.15, 0.2) is 36.4 Å². The standard InChI is InChI=1S/C19H24N4O2/c1-13-9-18(23-19(21-13)14(2)15(3)22-23)20-10-17(24)12-25-11-16-7-5-4-6-8-16/h4-9,17,20,24H,10-12H2,1-3H3/t17-/m0/s1. The van der Waals surface area contributed by atoms with Crippen LogP contribution in [-0.2, 0) is 11.3 Å². The number of nitrogens with zero attached hydrogens (tertiary/aromatic N) is 3. The Morgan fingerprint density at radius 1 is 1.20 bits per heavy atom. The van der Waals surface area contributed by atoms with Gasteiger partial charge >= 0.3 is 0 Å². The van der Waals surface area contributed by atoms with Crippen molar-refractivity contribution in [2.45, 2.75) is 33.5 Å². The number of hydrogen-bond acceptors (Lipinski definition) is 5. The highest BCUT2D eigenvalue weighted by Crippen LogP contribution is 2.18. The number of aliphatic hydroxyl groups is 1. The summed E-state index contributed by atoms with van der Waals surface area (Å²) in [5.41, 5.74) is 4.87. The Bertz CT molecular complexity index is 846. The lowest BCUT2D eigenvalue weighted by Crippen LogP contribution is -2.25. The van der Waals surface area contributed by atoms with E-state index in [-0.39, 0.29) is 6.61 Å². The zero-order valence-electron chi connectivity index (χ0n) is 14.9. The number of fused-ring (bicyclic) bond motifs is 1. The van der Waals surface area contributed by atoms with E-state index in [0.29, 0.717) is 13.2 Å². The molecule has 0 spiro atoms. The van der Waals surface area contributed by atoms with Gasteiger partial charge in [-0.05, 0) is 26.3 Å². The van der Waals surface area contributed by atoms with E-state index in [0.717, 1.165) is 34.0 Å². The Kier molecular flexibility index (Phi) is 5.31. The van der Waals surface area contributed by atoms with E-state index >= 15 is 0 Å². The first-order valence-electron chi connectivity index (χ1n) is 8.42. The van der Waals surface area contributed by atoms with Crippen LogP contribution in [0.2, 0.25) is 0 Å². The summed E-state index contributed by atoms with van der Waals surface area (Å²) in [7, 11) is 0. The molecule has 1 aromatic carbocycles. The molecule has 0 saturated heterocycles. The van der Waals surface area contributed by atoms with Crippen LogP contribution in [0.1, 0.15) is 22.5 Å². The number of nitrogens with one attached hydrogen (secondary N) is 1. The van der Waals surface area contributed by atoms with Crippen LogP contribution in [0.3, 0.4) is 0 Å². The van der Waals surface area contributed by atoms with Gasteiger partial charge in [0.2, 0.25) is 0 Å². The summed E-state index contributed by atoms with van der Waals surface area (Å²) in [6, 6.07) is 11.9. The highest BCUT2D eigenvalue weighted by Gasteiger charge is 2.12. The van der Waals surface area contributed by atoms with Crippen LogP contribution in [-0.4, -0.2) is 39.0 Å². The third kappa shape index (κ3) is 4.15. The quantitative estimate of drug-likeness (QED) is 0.692. The van der Waals surface area contributed by atoms with Crippen molar-refractivity contribution in [3.8, 4) is 0 Å². The van der Waals surface area contributed by atoms with E-state index in [1.807, 2.05) is 57.2 Å². The molecule has 3 aromatic rings. The molecule has 2 heterocycles. The molecule has 132 valence electrons. The van der Waals surface area contributed by atoms with Gasteiger partial charge in [0.1, 0.15) is 5.82 Å². The average molecular weight is 340 g/mol. The van der Waals surface area contributed by atoms with Crippen LogP contribution >= 0.6 is 0 Å². The monoisotopic (exact) mass is 340 g/mol. The summed E-state index contributed by atoms with van der Waals surface area (Å²) in [5.74, 6) is 0.820. The van der Waals surface area contributed by atoms with Gasteiger partial charge in [-0.15, -0.1) is 0 Å². The predicted octanol–water partition coefficient (Wildman–Crippen LogP) is 2.64. The third-order valence-corrected chi connectivity index (χ3v) is 4.13. The number of hydrogen-bond donors (Lipinski definition) is 2. The molecule has 2 N–H and O–H groups in total. The molecule has 0 bridgehead atoms. The molecular formula is C19H24N4O2. The van der Waals surface area contributed by atoms with Gasteiger partial charge in [0.05, 0.1) is 25.0 Å². The summed E-state index contributed by atoms with van der Waals surface area (Å²) in [4.78, 5) is 4.54. The number of benzene rings is 1. The topological polar surface area (TPSA) is 71.7 Å². The van der Waals surface area contributed by atoms with E-state index in [4.69, 9.17) is 4.74 Å². The zero-order chi connectivity index (χ0) is 17.8. The van der Waals surface area contributed by atoms with Gasteiger partial charge in [-0.2, -0.15) is 9.61 Å². The van der Waals surface area contributed by atoms with Gasteiger partial charge < -0.3 is 15.2 Å². The summed E-state index contributed by atoms with van der Waals surface area (Å²) in [5, 5.41) is 17.9. The summed E-state index contributed by atoms with van der Waals surface area (Å²) in [6.07, 6.45) is -0.606. The first kappa shape index (κ1) is 17.4. The van der Waals surface area contributed by atoms with Crippen molar-refractivity contribution in [2.24, 2.45) is 0 Å². The summed E-state index contributed by atoms with van der Waals surface area (Å²) < 4.78 is 7.37. The molecule has 25 heavy (non-hydrogen) atoms. The fourth-order valence-corrected chi connectivity index (χ4v) is 2.64. The molecule has 0 amide bonds. The van der Waals surface area contributed by atoms with Crippen molar-refractivity contribution in [1.82, 2.24) is 14.6 Å². The van der Waals surface area contributed by atoms with Crippen LogP contribution in [0.5, 0.6) is 0 Å². The number of aryl methyl sites for hydroxylation is 3. The molecule has 0 radical (unpaired) electrons. The molecule has 0 aliphatic rings. The Balaban J connectivity index is 1.58. The number of aliphatic hydroxyl groups excluding tert-OH is 1. The maximum absolute atomic E-state index is 10.2. The Labute approximate surface area is 147 Å². The van der Waals surface area contributed by atoms with E-state index in [1.54, 1.807) is 4.52 Å². The van der Waals surface area contributed by atoms with Gasteiger partial charge in [0, 0.05) is 23.9 Å². The molecular weight excluding hydrogens is 316 g/mol. The van der Waals surface area contributed by atoms with E-state index in [2.05, 4.69) is 15.4 Å². The first-order chi connectivity index (χ1) is 12.0. The number of anilines is 1. The minimum Gasteiger partial charge on any atom is -0.389 e. The van der Waals surface area contributed by atoms with Gasteiger partial charge in [0.15, 0.2) is 5.65 Å². The molecule has 1 atom stereocenters. The van der Waals surface area contributed by atoms with Crippen molar-refractivity contribution < 1.29 is 9.84 Å². The van der Waals surface area contributed by atoms with Crippen LogP contribution < -0.4 is 5.32 Å². The van der Waals surface area contributed by atoms with Gasteiger partial charge in [-0.3, -0.25) is 0 Å². The minimum atomic E-state index is -0.606. The van der Waals surface area contributed by atoms with E-state index in [1.165, 1.54) is 0 Å². The Morgan fingerprint density at radius 3 is 2.72 bits per heavy atom. The lowest BCUT2D eigenvalue weighted by atomic mass is 10.2. The Hall–Kier alpha value is -2.44. The average Bonchev–Trinajstić information content (AvgIpc) is 2.89. The minimum absolute atomic E-state index is 0.270. The fourth-order valence-electron chi connectivity index (χ4n) is 2.64. The third-order valence-electron chi connectivity index (χ3n) is 4.13. The number of aromatic nitrogens is 3. The number of rotatable bonds is 7. The van der Waals surface area contributed by atoms with Crippen molar-refractivity contribution >= 4 is 11.5 Å². The lowest BCUT2D eigenvalue weighted by molar-refractivity contribution is 0.0348. The van der Waals surface area contributed by atoms with Crippen LogP contribution in [0.4, 0.5) is 5.82 Å². The van der Waals surface area contributed by atoms with Gasteiger partial charge in [-0.1, -0.05) is 30.3 Å². The molecule has 0 aliphatic carbocycles. The Morgan fingerprint density at radius 2 is 1.96 bits per heavy atom. The second-order valence-electron chi connectivity index (χ2n) is 6.26. The van der Waals surface area contributed by atoms with Crippen molar-refractivity contribution in [3.05, 3.63) is 58.9 Å². The maximum Gasteiger partial charge on any atom is 0.160 e. The molecule has 6 heteroatoms. The summed E-state index contributed by atoms with van der Waals surface area (Å²) >= 11 is 0. The predicted molar refractivity (Wildman–Crippen MR) is 97.8 cm³/mol.